The third-order valence-electron chi connectivity index (χ3n) is 4.12. The molecule has 0 aliphatic heterocycles. The number of fused-ring (bicyclic) bond motifs is 1. The van der Waals surface area contributed by atoms with E-state index in [1.54, 1.807) is 0 Å². The third kappa shape index (κ3) is 3.54. The lowest BCUT2D eigenvalue weighted by atomic mass is 10.1. The first kappa shape index (κ1) is 17.2. The zero-order chi connectivity index (χ0) is 18.8. The number of benzene rings is 2. The van der Waals surface area contributed by atoms with E-state index < -0.39 is 0 Å². The van der Waals surface area contributed by atoms with E-state index in [1.807, 2.05) is 61.5 Å². The highest BCUT2D eigenvalue weighted by molar-refractivity contribution is 9.10. The summed E-state index contributed by atoms with van der Waals surface area (Å²) in [5.74, 6) is 1.05. The van der Waals surface area contributed by atoms with Crippen LogP contribution in [0.1, 0.15) is 5.69 Å². The highest BCUT2D eigenvalue weighted by Gasteiger charge is 2.11. The smallest absolute Gasteiger partial charge is 0.159 e. The third-order valence-corrected chi connectivity index (χ3v) is 4.81. The van der Waals surface area contributed by atoms with E-state index in [2.05, 4.69) is 41.5 Å². The largest absolute Gasteiger partial charge is 0.393 e. The van der Waals surface area contributed by atoms with Crippen molar-refractivity contribution in [1.29, 1.82) is 0 Å². The summed E-state index contributed by atoms with van der Waals surface area (Å²) in [6.07, 6.45) is 1.47. The monoisotopic (exact) mass is 420 g/mol. The van der Waals surface area contributed by atoms with Crippen molar-refractivity contribution >= 4 is 55.5 Å². The molecule has 134 valence electrons. The average Bonchev–Trinajstić information content (AvgIpc) is 2.67. The standard InChI is InChI=1S/C20H17BrN6/c1-12-9-10-13-5-4-8-16(18(13)25-12)27-20-17(22)19(23-11-24-20)26-15-7-3-2-6-14(15)21/h2-11H,22H2,1H3,(H2,23,24,26,27). The van der Waals surface area contributed by atoms with Gasteiger partial charge in [-0.1, -0.05) is 30.3 Å². The maximum atomic E-state index is 6.32. The number of hydrogen-bond donors (Lipinski definition) is 3. The summed E-state index contributed by atoms with van der Waals surface area (Å²) in [7, 11) is 0. The molecule has 0 amide bonds. The highest BCUT2D eigenvalue weighted by atomic mass is 79.9. The van der Waals surface area contributed by atoms with E-state index >= 15 is 0 Å². The minimum absolute atomic E-state index is 0.429. The maximum absolute atomic E-state index is 6.32. The van der Waals surface area contributed by atoms with Crippen molar-refractivity contribution in [2.24, 2.45) is 0 Å². The second-order valence-electron chi connectivity index (χ2n) is 6.04. The molecule has 0 spiro atoms. The molecule has 4 rings (SSSR count). The summed E-state index contributed by atoms with van der Waals surface area (Å²) in [4.78, 5) is 13.2. The Bertz CT molecular complexity index is 1130. The van der Waals surface area contributed by atoms with Gasteiger partial charge in [0.15, 0.2) is 11.6 Å². The molecule has 0 unspecified atom stereocenters. The Hall–Kier alpha value is -3.19. The Balaban J connectivity index is 1.70. The van der Waals surface area contributed by atoms with E-state index in [0.717, 1.165) is 32.4 Å². The number of nitrogens with zero attached hydrogens (tertiary/aromatic N) is 3. The van der Waals surface area contributed by atoms with E-state index in [4.69, 9.17) is 5.73 Å². The minimum atomic E-state index is 0.429. The molecular weight excluding hydrogens is 404 g/mol. The van der Waals surface area contributed by atoms with Crippen LogP contribution >= 0.6 is 15.9 Å². The second-order valence-corrected chi connectivity index (χ2v) is 6.90. The van der Waals surface area contributed by atoms with Gasteiger partial charge < -0.3 is 16.4 Å². The molecule has 0 atom stereocenters. The first-order chi connectivity index (χ1) is 13.1. The van der Waals surface area contributed by atoms with Crippen LogP contribution in [0.25, 0.3) is 10.9 Å². The van der Waals surface area contributed by atoms with Crippen molar-refractivity contribution in [3.8, 4) is 0 Å². The van der Waals surface area contributed by atoms with Crippen LogP contribution < -0.4 is 16.4 Å². The molecule has 2 aromatic carbocycles. The molecule has 7 heteroatoms. The van der Waals surface area contributed by atoms with Gasteiger partial charge in [0.05, 0.1) is 16.9 Å². The number of hydrogen-bond acceptors (Lipinski definition) is 6. The number of halogens is 1. The summed E-state index contributed by atoms with van der Waals surface area (Å²) < 4.78 is 0.922. The fourth-order valence-electron chi connectivity index (χ4n) is 2.76. The Kier molecular flexibility index (Phi) is 4.60. The van der Waals surface area contributed by atoms with Crippen LogP contribution in [0.5, 0.6) is 0 Å². The average molecular weight is 421 g/mol. The first-order valence-corrected chi connectivity index (χ1v) is 9.16. The Morgan fingerprint density at radius 2 is 1.56 bits per heavy atom. The van der Waals surface area contributed by atoms with Crippen LogP contribution in [-0.4, -0.2) is 15.0 Å². The molecular formula is C20H17BrN6. The lowest BCUT2D eigenvalue weighted by Crippen LogP contribution is -2.06. The number of aryl methyl sites for hydroxylation is 1. The van der Waals surface area contributed by atoms with Gasteiger partial charge in [-0.3, -0.25) is 4.98 Å². The SMILES string of the molecule is Cc1ccc2cccc(Nc3ncnc(Nc4ccccc4Br)c3N)c2n1. The van der Waals surface area contributed by atoms with Gasteiger partial charge >= 0.3 is 0 Å². The summed E-state index contributed by atoms with van der Waals surface area (Å²) in [6.45, 7) is 1.97. The van der Waals surface area contributed by atoms with Crippen LogP contribution in [-0.2, 0) is 0 Å². The van der Waals surface area contributed by atoms with Gasteiger partial charge in [0.1, 0.15) is 12.0 Å². The summed E-state index contributed by atoms with van der Waals surface area (Å²) in [5, 5.41) is 7.57. The van der Waals surface area contributed by atoms with E-state index in [9.17, 15) is 0 Å². The number of aromatic nitrogens is 3. The molecule has 4 N–H and O–H groups in total. The van der Waals surface area contributed by atoms with E-state index in [1.165, 1.54) is 6.33 Å². The second kappa shape index (κ2) is 7.20. The summed E-state index contributed by atoms with van der Waals surface area (Å²) >= 11 is 3.51. The van der Waals surface area contributed by atoms with Gasteiger partial charge in [-0.15, -0.1) is 0 Å². The van der Waals surface area contributed by atoms with E-state index in [0.29, 0.717) is 17.3 Å². The van der Waals surface area contributed by atoms with Crippen LogP contribution in [0, 0.1) is 6.92 Å². The fourth-order valence-corrected chi connectivity index (χ4v) is 3.14. The Morgan fingerprint density at radius 3 is 2.33 bits per heavy atom. The van der Waals surface area contributed by atoms with Crippen molar-refractivity contribution in [2.75, 3.05) is 16.4 Å². The molecule has 6 nitrogen and oxygen atoms in total. The van der Waals surface area contributed by atoms with Gasteiger partial charge in [-0.05, 0) is 47.1 Å². The van der Waals surface area contributed by atoms with E-state index in [-0.39, 0.29) is 0 Å². The van der Waals surface area contributed by atoms with Crippen molar-refractivity contribution in [3.63, 3.8) is 0 Å². The van der Waals surface area contributed by atoms with Crippen LogP contribution in [0.15, 0.2) is 65.4 Å². The van der Waals surface area contributed by atoms with Crippen molar-refractivity contribution in [1.82, 2.24) is 15.0 Å². The van der Waals surface area contributed by atoms with Crippen LogP contribution in [0.2, 0.25) is 0 Å². The van der Waals surface area contributed by atoms with Crippen molar-refractivity contribution < 1.29 is 0 Å². The maximum Gasteiger partial charge on any atom is 0.159 e. The minimum Gasteiger partial charge on any atom is -0.393 e. The molecule has 0 saturated carbocycles. The molecule has 0 saturated heterocycles. The molecule has 0 radical (unpaired) electrons. The zero-order valence-corrected chi connectivity index (χ0v) is 16.2. The van der Waals surface area contributed by atoms with Gasteiger partial charge in [-0.2, -0.15) is 0 Å². The quantitative estimate of drug-likeness (QED) is 0.422. The molecule has 2 aromatic heterocycles. The molecule has 27 heavy (non-hydrogen) atoms. The molecule has 2 heterocycles. The number of anilines is 5. The Labute approximate surface area is 165 Å². The van der Waals surface area contributed by atoms with Gasteiger partial charge in [0.2, 0.25) is 0 Å². The number of nitrogens with two attached hydrogens (primary N) is 1. The molecule has 4 aromatic rings. The predicted octanol–water partition coefficient (Wildman–Crippen LogP) is 5.17. The van der Waals surface area contributed by atoms with Crippen molar-refractivity contribution in [3.05, 3.63) is 71.1 Å². The first-order valence-electron chi connectivity index (χ1n) is 8.37. The number of pyridine rings is 1. The summed E-state index contributed by atoms with van der Waals surface area (Å²) in [6, 6.07) is 17.8. The number of nitrogen functional groups attached to an aromatic ring is 1. The molecule has 0 aliphatic rings. The predicted molar refractivity (Wildman–Crippen MR) is 114 cm³/mol. The summed E-state index contributed by atoms with van der Waals surface area (Å²) in [5.41, 5.74) is 10.3. The topological polar surface area (TPSA) is 88.8 Å². The van der Waals surface area contributed by atoms with Crippen LogP contribution in [0.4, 0.5) is 28.7 Å². The van der Waals surface area contributed by atoms with Crippen molar-refractivity contribution in [2.45, 2.75) is 6.92 Å². The zero-order valence-electron chi connectivity index (χ0n) is 14.6. The van der Waals surface area contributed by atoms with Gasteiger partial charge in [0, 0.05) is 15.6 Å². The van der Waals surface area contributed by atoms with Crippen LogP contribution in [0.3, 0.4) is 0 Å². The lowest BCUT2D eigenvalue weighted by molar-refractivity contribution is 1.17. The molecule has 0 aliphatic carbocycles. The Morgan fingerprint density at radius 1 is 0.852 bits per heavy atom. The van der Waals surface area contributed by atoms with Gasteiger partial charge in [-0.25, -0.2) is 9.97 Å². The number of rotatable bonds is 4. The number of nitrogens with one attached hydrogen (secondary N) is 2. The molecule has 0 bridgehead atoms. The highest BCUT2D eigenvalue weighted by Crippen LogP contribution is 2.32. The van der Waals surface area contributed by atoms with Gasteiger partial charge in [0.25, 0.3) is 0 Å². The molecule has 0 fully saturated rings. The number of para-hydroxylation sites is 2. The normalized spacial score (nSPS) is 10.7. The lowest BCUT2D eigenvalue weighted by Gasteiger charge is -2.14. The fraction of sp³-hybridized carbons (Fsp3) is 0.0500.